The Morgan fingerprint density at radius 2 is 1.68 bits per heavy atom. The molecule has 19 heavy (non-hydrogen) atoms. The summed E-state index contributed by atoms with van der Waals surface area (Å²) in [4.78, 5) is 2.52. The van der Waals surface area contributed by atoms with E-state index in [4.69, 9.17) is 0 Å². The summed E-state index contributed by atoms with van der Waals surface area (Å²) in [6.07, 6.45) is 0. The van der Waals surface area contributed by atoms with Crippen LogP contribution in [0.2, 0.25) is 0 Å². The molecule has 0 bridgehead atoms. The number of benzene rings is 2. The Hall–Kier alpha value is -0.770. The Labute approximate surface area is 134 Å². The predicted octanol–water partition coefficient (Wildman–Crippen LogP) is 6.54. The van der Waals surface area contributed by atoms with Gasteiger partial charge in [0.1, 0.15) is 0 Å². The van der Waals surface area contributed by atoms with Crippen LogP contribution in [0.25, 0.3) is 5.57 Å². The summed E-state index contributed by atoms with van der Waals surface area (Å²) in [5.74, 6) is 0. The molecule has 0 aliphatic carbocycles. The average molecular weight is 396 g/mol. The minimum Gasteiger partial charge on any atom is -0.106 e. The lowest BCUT2D eigenvalue weighted by Crippen LogP contribution is -1.98. The molecule has 0 radical (unpaired) electrons. The Morgan fingerprint density at radius 1 is 0.947 bits per heavy atom. The van der Waals surface area contributed by atoms with Gasteiger partial charge in [0.2, 0.25) is 0 Å². The van der Waals surface area contributed by atoms with Gasteiger partial charge >= 0.3 is 0 Å². The van der Waals surface area contributed by atoms with E-state index in [1.165, 1.54) is 20.9 Å². The second-order valence-corrected chi connectivity index (χ2v) is 6.69. The molecule has 1 heterocycles. The van der Waals surface area contributed by atoms with Crippen LogP contribution in [0, 0.1) is 0 Å². The lowest BCUT2D eigenvalue weighted by atomic mass is 9.99. The fraction of sp³-hybridized carbons (Fsp3) is 0. The molecule has 0 amide bonds. The van der Waals surface area contributed by atoms with Crippen molar-refractivity contribution in [1.82, 2.24) is 0 Å². The van der Waals surface area contributed by atoms with Gasteiger partial charge in [0, 0.05) is 24.3 Å². The molecule has 0 saturated carbocycles. The molecule has 2 aromatic carbocycles. The average Bonchev–Trinajstić information content (AvgIpc) is 2.40. The van der Waals surface area contributed by atoms with Crippen LogP contribution in [0.1, 0.15) is 11.1 Å². The van der Waals surface area contributed by atoms with E-state index >= 15 is 0 Å². The second kappa shape index (κ2) is 6.12. The molecule has 0 N–H and O–H groups in total. The first-order valence-electron chi connectivity index (χ1n) is 5.62. The maximum absolute atomic E-state index is 4.23. The van der Waals surface area contributed by atoms with E-state index < -0.39 is 0 Å². The zero-order chi connectivity index (χ0) is 14.0. The number of hydrogen-bond donors (Lipinski definition) is 0. The van der Waals surface area contributed by atoms with E-state index in [2.05, 4.69) is 88.0 Å². The van der Waals surface area contributed by atoms with Crippen molar-refractivity contribution < 1.29 is 0 Å². The van der Waals surface area contributed by atoms with Gasteiger partial charge in [-0.1, -0.05) is 62.3 Å². The Kier molecular flexibility index (Phi) is 4.71. The van der Waals surface area contributed by atoms with Crippen molar-refractivity contribution in [2.45, 2.75) is 9.79 Å². The van der Waals surface area contributed by atoms with Crippen molar-refractivity contribution in [3.8, 4) is 0 Å². The lowest BCUT2D eigenvalue weighted by molar-refractivity contribution is 1.27. The molecule has 2 aromatic rings. The second-order valence-electron chi connectivity index (χ2n) is 3.83. The van der Waals surface area contributed by atoms with Gasteiger partial charge in [-0.2, -0.15) is 0 Å². The largest absolute Gasteiger partial charge is 0.106 e. The van der Waals surface area contributed by atoms with Crippen molar-refractivity contribution in [2.75, 3.05) is 0 Å². The summed E-state index contributed by atoms with van der Waals surface area (Å²) >= 11 is 8.91. The van der Waals surface area contributed by atoms with E-state index in [0.29, 0.717) is 0 Å². The van der Waals surface area contributed by atoms with Crippen molar-refractivity contribution >= 4 is 49.2 Å². The van der Waals surface area contributed by atoms with Gasteiger partial charge in [0.05, 0.1) is 0 Å². The third kappa shape index (κ3) is 2.73. The summed E-state index contributed by atoms with van der Waals surface area (Å²) in [7, 11) is 0. The number of fused-ring (bicyclic) bond motifs is 2. The van der Waals surface area contributed by atoms with Crippen LogP contribution in [0.15, 0.2) is 74.9 Å². The normalized spacial score (nSPS) is 12.0. The standard InChI is InChI=1S/C14H8Br2S.C2H4/c1-8-10-6-5-9(15)7-13(10)17-12-4-2-3-11(16)14(8)12;1-2/h2-7H,1H2;1-2H2. The lowest BCUT2D eigenvalue weighted by Gasteiger charge is -2.22. The van der Waals surface area contributed by atoms with E-state index in [9.17, 15) is 0 Å². The van der Waals surface area contributed by atoms with Crippen LogP contribution in [0.4, 0.5) is 0 Å². The summed E-state index contributed by atoms with van der Waals surface area (Å²) in [5, 5.41) is 0. The maximum Gasteiger partial charge on any atom is 0.0265 e. The molecule has 0 spiro atoms. The molecule has 3 heteroatoms. The first kappa shape index (κ1) is 14.6. The number of hydrogen-bond acceptors (Lipinski definition) is 1. The Balaban J connectivity index is 0.000000637. The maximum atomic E-state index is 4.23. The van der Waals surface area contributed by atoms with Gasteiger partial charge in [0.15, 0.2) is 0 Å². The predicted molar refractivity (Wildman–Crippen MR) is 91.8 cm³/mol. The molecule has 1 aliphatic rings. The van der Waals surface area contributed by atoms with Crippen LogP contribution in [-0.4, -0.2) is 0 Å². The SMILES string of the molecule is C=C.C=C1c2ccc(Br)cc2Sc2cccc(Br)c21. The Morgan fingerprint density at radius 3 is 2.42 bits per heavy atom. The highest BCUT2D eigenvalue weighted by Crippen LogP contribution is 2.47. The quantitative estimate of drug-likeness (QED) is 0.389. The first-order valence-corrected chi connectivity index (χ1v) is 8.02. The molecule has 0 nitrogen and oxygen atoms in total. The van der Waals surface area contributed by atoms with Gasteiger partial charge in [0.25, 0.3) is 0 Å². The zero-order valence-electron chi connectivity index (χ0n) is 10.2. The molecule has 96 valence electrons. The van der Waals surface area contributed by atoms with Crippen molar-refractivity contribution in [3.05, 3.63) is 76.2 Å². The molecule has 0 aromatic heterocycles. The number of halogens is 2. The summed E-state index contributed by atoms with van der Waals surface area (Å²) in [6, 6.07) is 12.6. The monoisotopic (exact) mass is 394 g/mol. The fourth-order valence-corrected chi connectivity index (χ4v) is 4.42. The van der Waals surface area contributed by atoms with Gasteiger partial charge < -0.3 is 0 Å². The van der Waals surface area contributed by atoms with Crippen LogP contribution in [0.3, 0.4) is 0 Å². The third-order valence-electron chi connectivity index (χ3n) is 2.77. The molecular weight excluding hydrogens is 384 g/mol. The minimum absolute atomic E-state index is 1.09. The topological polar surface area (TPSA) is 0 Å². The summed E-state index contributed by atoms with van der Waals surface area (Å²) < 4.78 is 2.22. The zero-order valence-corrected chi connectivity index (χ0v) is 14.2. The van der Waals surface area contributed by atoms with Crippen LogP contribution in [-0.2, 0) is 0 Å². The fourth-order valence-electron chi connectivity index (χ4n) is 1.97. The van der Waals surface area contributed by atoms with E-state index in [1.807, 2.05) is 0 Å². The molecule has 0 atom stereocenters. The van der Waals surface area contributed by atoms with Crippen LogP contribution in [0.5, 0.6) is 0 Å². The van der Waals surface area contributed by atoms with Crippen LogP contribution < -0.4 is 0 Å². The highest BCUT2D eigenvalue weighted by Gasteiger charge is 2.21. The summed E-state index contributed by atoms with van der Waals surface area (Å²) in [6.45, 7) is 10.2. The minimum atomic E-state index is 1.09. The van der Waals surface area contributed by atoms with E-state index in [-0.39, 0.29) is 0 Å². The van der Waals surface area contributed by atoms with Crippen molar-refractivity contribution in [3.63, 3.8) is 0 Å². The molecule has 1 aliphatic heterocycles. The third-order valence-corrected chi connectivity index (χ3v) is 5.04. The highest BCUT2D eigenvalue weighted by molar-refractivity contribution is 9.10. The van der Waals surface area contributed by atoms with Gasteiger partial charge in [-0.05, 0) is 35.4 Å². The number of rotatable bonds is 0. The van der Waals surface area contributed by atoms with Crippen molar-refractivity contribution in [2.24, 2.45) is 0 Å². The molecular formula is C16H12Br2S. The van der Waals surface area contributed by atoms with E-state index in [1.54, 1.807) is 11.8 Å². The van der Waals surface area contributed by atoms with Gasteiger partial charge in [-0.15, -0.1) is 13.2 Å². The molecule has 0 saturated heterocycles. The van der Waals surface area contributed by atoms with E-state index in [0.717, 1.165) is 14.5 Å². The summed E-state index contributed by atoms with van der Waals surface area (Å²) in [5.41, 5.74) is 3.53. The Bertz CT molecular complexity index is 647. The smallest absolute Gasteiger partial charge is 0.0265 e. The van der Waals surface area contributed by atoms with Crippen molar-refractivity contribution in [1.29, 1.82) is 0 Å². The van der Waals surface area contributed by atoms with Gasteiger partial charge in [-0.25, -0.2) is 0 Å². The highest BCUT2D eigenvalue weighted by atomic mass is 79.9. The van der Waals surface area contributed by atoms with Crippen LogP contribution >= 0.6 is 43.6 Å². The molecule has 0 unspecified atom stereocenters. The van der Waals surface area contributed by atoms with Gasteiger partial charge in [-0.3, -0.25) is 0 Å². The molecule has 0 fully saturated rings. The first-order chi connectivity index (χ1) is 9.16. The molecule has 3 rings (SSSR count).